The number of carbonyl (C=O) groups is 2. The highest BCUT2D eigenvalue weighted by Crippen LogP contribution is 2.32. The van der Waals surface area contributed by atoms with E-state index >= 15 is 0 Å². The normalized spacial score (nSPS) is 16.1. The van der Waals surface area contributed by atoms with Gasteiger partial charge in [0.15, 0.2) is 0 Å². The summed E-state index contributed by atoms with van der Waals surface area (Å²) in [6.45, 7) is 1.68. The summed E-state index contributed by atoms with van der Waals surface area (Å²) in [6, 6.07) is 13.0. The zero-order chi connectivity index (χ0) is 16.4. The molecule has 0 aromatic heterocycles. The Labute approximate surface area is 133 Å². The molecule has 2 amide bonds. The summed E-state index contributed by atoms with van der Waals surface area (Å²) in [5.41, 5.74) is 2.45. The van der Waals surface area contributed by atoms with Crippen LogP contribution in [0.5, 0.6) is 0 Å². The molecule has 0 saturated carbocycles. The van der Waals surface area contributed by atoms with E-state index < -0.39 is 6.04 Å². The average molecular weight is 312 g/mol. The maximum atomic E-state index is 13.2. The summed E-state index contributed by atoms with van der Waals surface area (Å²) in [7, 11) is 0. The van der Waals surface area contributed by atoms with Gasteiger partial charge in [-0.15, -0.1) is 0 Å². The van der Waals surface area contributed by atoms with Crippen molar-refractivity contribution < 1.29 is 14.0 Å². The Kier molecular flexibility index (Phi) is 4.10. The van der Waals surface area contributed by atoms with Gasteiger partial charge in [0.25, 0.3) is 0 Å². The maximum Gasteiger partial charge on any atom is 0.243 e. The van der Waals surface area contributed by atoms with Gasteiger partial charge in [-0.05, 0) is 29.3 Å². The van der Waals surface area contributed by atoms with E-state index in [4.69, 9.17) is 0 Å². The second kappa shape index (κ2) is 6.20. The number of hydrogen-bond donors (Lipinski definition) is 1. The molecule has 0 bridgehead atoms. The van der Waals surface area contributed by atoms with Crippen LogP contribution in [0.3, 0.4) is 0 Å². The number of para-hydroxylation sites is 1. The van der Waals surface area contributed by atoms with Gasteiger partial charge in [-0.1, -0.05) is 30.3 Å². The highest BCUT2D eigenvalue weighted by atomic mass is 19.1. The molecular weight excluding hydrogens is 295 g/mol. The summed E-state index contributed by atoms with van der Waals surface area (Å²) in [6.07, 6.45) is 0.491. The predicted octanol–water partition coefficient (Wildman–Crippen LogP) is 2.42. The third-order valence-electron chi connectivity index (χ3n) is 3.97. The monoisotopic (exact) mass is 312 g/mol. The third kappa shape index (κ3) is 3.08. The smallest absolute Gasteiger partial charge is 0.243 e. The van der Waals surface area contributed by atoms with Crippen LogP contribution in [0, 0.1) is 5.82 Å². The van der Waals surface area contributed by atoms with Crippen molar-refractivity contribution in [2.45, 2.75) is 25.9 Å². The minimum atomic E-state index is -0.557. The van der Waals surface area contributed by atoms with Crippen LogP contribution in [0.2, 0.25) is 0 Å². The van der Waals surface area contributed by atoms with E-state index in [0.29, 0.717) is 12.0 Å². The molecule has 0 radical (unpaired) electrons. The zero-order valence-electron chi connectivity index (χ0n) is 12.8. The minimum absolute atomic E-state index is 0.166. The molecule has 3 rings (SSSR count). The Morgan fingerprint density at radius 3 is 2.74 bits per heavy atom. The number of fused-ring (bicyclic) bond motifs is 1. The number of benzene rings is 2. The number of rotatable bonds is 3. The molecule has 118 valence electrons. The van der Waals surface area contributed by atoms with Crippen LogP contribution < -0.4 is 10.2 Å². The molecule has 2 aromatic rings. The van der Waals surface area contributed by atoms with Crippen LogP contribution >= 0.6 is 0 Å². The summed E-state index contributed by atoms with van der Waals surface area (Å²) in [5.74, 6) is -0.739. The quantitative estimate of drug-likeness (QED) is 0.946. The molecule has 0 spiro atoms. The van der Waals surface area contributed by atoms with E-state index in [0.717, 1.165) is 11.3 Å². The summed E-state index contributed by atoms with van der Waals surface area (Å²) >= 11 is 0. The van der Waals surface area contributed by atoms with Crippen molar-refractivity contribution in [2.75, 3.05) is 4.90 Å². The molecule has 1 aliphatic heterocycles. The molecule has 1 N–H and O–H groups in total. The molecule has 23 heavy (non-hydrogen) atoms. The molecule has 0 saturated heterocycles. The van der Waals surface area contributed by atoms with Crippen LogP contribution in [0.4, 0.5) is 10.1 Å². The SMILES string of the molecule is CC(=O)N1c2ccccc2C[C@H]1C(=O)NCc1cccc(F)c1. The van der Waals surface area contributed by atoms with Gasteiger partial charge < -0.3 is 5.32 Å². The maximum absolute atomic E-state index is 13.2. The van der Waals surface area contributed by atoms with Crippen molar-refractivity contribution in [1.82, 2.24) is 5.32 Å². The highest BCUT2D eigenvalue weighted by molar-refractivity contribution is 6.02. The Morgan fingerprint density at radius 2 is 2.00 bits per heavy atom. The lowest BCUT2D eigenvalue weighted by Crippen LogP contribution is -2.47. The van der Waals surface area contributed by atoms with Crippen molar-refractivity contribution >= 4 is 17.5 Å². The third-order valence-corrected chi connectivity index (χ3v) is 3.97. The van der Waals surface area contributed by atoms with Gasteiger partial charge in [0.1, 0.15) is 11.9 Å². The van der Waals surface area contributed by atoms with Gasteiger partial charge in [-0.25, -0.2) is 4.39 Å². The van der Waals surface area contributed by atoms with E-state index in [1.165, 1.54) is 24.0 Å². The fraction of sp³-hybridized carbons (Fsp3) is 0.222. The number of anilines is 1. The summed E-state index contributed by atoms with van der Waals surface area (Å²) in [4.78, 5) is 26.0. The van der Waals surface area contributed by atoms with Gasteiger partial charge in [-0.3, -0.25) is 14.5 Å². The van der Waals surface area contributed by atoms with E-state index in [2.05, 4.69) is 5.32 Å². The van der Waals surface area contributed by atoms with E-state index in [-0.39, 0.29) is 24.2 Å². The molecular formula is C18H17FN2O2. The molecule has 0 aliphatic carbocycles. The first kappa shape index (κ1) is 15.2. The molecule has 0 unspecified atom stereocenters. The second-order valence-electron chi connectivity index (χ2n) is 5.59. The number of carbonyl (C=O) groups excluding carboxylic acids is 2. The lowest BCUT2D eigenvalue weighted by molar-refractivity contribution is -0.125. The Morgan fingerprint density at radius 1 is 1.22 bits per heavy atom. The largest absolute Gasteiger partial charge is 0.350 e. The lowest BCUT2D eigenvalue weighted by atomic mass is 10.1. The van der Waals surface area contributed by atoms with Crippen molar-refractivity contribution in [3.63, 3.8) is 0 Å². The average Bonchev–Trinajstić information content (AvgIpc) is 2.92. The van der Waals surface area contributed by atoms with E-state index in [1.54, 1.807) is 12.1 Å². The van der Waals surface area contributed by atoms with Crippen molar-refractivity contribution in [3.8, 4) is 0 Å². The Balaban J connectivity index is 1.73. The zero-order valence-corrected chi connectivity index (χ0v) is 12.8. The number of halogens is 1. The first-order valence-electron chi connectivity index (χ1n) is 7.46. The molecule has 1 atom stereocenters. The van der Waals surface area contributed by atoms with Crippen LogP contribution in [-0.4, -0.2) is 17.9 Å². The number of nitrogens with zero attached hydrogens (tertiary/aromatic N) is 1. The second-order valence-corrected chi connectivity index (χ2v) is 5.59. The fourth-order valence-corrected chi connectivity index (χ4v) is 2.94. The standard InChI is InChI=1S/C18H17FN2O2/c1-12(22)21-16-8-3-2-6-14(16)10-17(21)18(23)20-11-13-5-4-7-15(19)9-13/h2-9,17H,10-11H2,1H3,(H,20,23)/t17-/m0/s1. The van der Waals surface area contributed by atoms with Crippen molar-refractivity contribution in [2.24, 2.45) is 0 Å². The minimum Gasteiger partial charge on any atom is -0.350 e. The van der Waals surface area contributed by atoms with E-state index in [1.807, 2.05) is 24.3 Å². The summed E-state index contributed by atoms with van der Waals surface area (Å²) in [5, 5.41) is 2.79. The lowest BCUT2D eigenvalue weighted by Gasteiger charge is -2.23. The Bertz CT molecular complexity index is 760. The first-order chi connectivity index (χ1) is 11.1. The molecule has 5 heteroatoms. The van der Waals surface area contributed by atoms with Crippen molar-refractivity contribution in [3.05, 3.63) is 65.5 Å². The summed E-state index contributed by atoms with van der Waals surface area (Å²) < 4.78 is 13.2. The van der Waals surface area contributed by atoms with Crippen LogP contribution in [0.25, 0.3) is 0 Å². The van der Waals surface area contributed by atoms with Crippen molar-refractivity contribution in [1.29, 1.82) is 0 Å². The predicted molar refractivity (Wildman–Crippen MR) is 85.3 cm³/mol. The number of nitrogens with one attached hydrogen (secondary N) is 1. The van der Waals surface area contributed by atoms with Gasteiger partial charge in [-0.2, -0.15) is 0 Å². The van der Waals surface area contributed by atoms with Crippen LogP contribution in [0.15, 0.2) is 48.5 Å². The first-order valence-corrected chi connectivity index (χ1v) is 7.46. The molecule has 0 fully saturated rings. The van der Waals surface area contributed by atoms with Gasteiger partial charge >= 0.3 is 0 Å². The van der Waals surface area contributed by atoms with Gasteiger partial charge in [0.2, 0.25) is 11.8 Å². The number of amides is 2. The molecule has 4 nitrogen and oxygen atoms in total. The fourth-order valence-electron chi connectivity index (χ4n) is 2.94. The van der Waals surface area contributed by atoms with Crippen LogP contribution in [0.1, 0.15) is 18.1 Å². The van der Waals surface area contributed by atoms with E-state index in [9.17, 15) is 14.0 Å². The highest BCUT2D eigenvalue weighted by Gasteiger charge is 2.36. The Hall–Kier alpha value is -2.69. The van der Waals surface area contributed by atoms with Gasteiger partial charge in [0, 0.05) is 25.6 Å². The van der Waals surface area contributed by atoms with Crippen LogP contribution in [-0.2, 0) is 22.6 Å². The topological polar surface area (TPSA) is 49.4 Å². The molecule has 2 aromatic carbocycles. The molecule has 1 heterocycles. The van der Waals surface area contributed by atoms with Gasteiger partial charge in [0.05, 0.1) is 0 Å². The molecule has 1 aliphatic rings. The number of hydrogen-bond acceptors (Lipinski definition) is 2.